The number of hydrogen-bond acceptors (Lipinski definition) is 3. The van der Waals surface area contributed by atoms with Crippen LogP contribution in [0.5, 0.6) is 0 Å². The molecular weight excluding hydrogens is 323 g/mol. The van der Waals surface area contributed by atoms with E-state index in [2.05, 4.69) is 17.0 Å². The van der Waals surface area contributed by atoms with E-state index in [4.69, 9.17) is 0 Å². The summed E-state index contributed by atoms with van der Waals surface area (Å²) in [6.07, 6.45) is -0.289. The lowest BCUT2D eigenvalue weighted by molar-refractivity contribution is -0.903. The molecule has 1 aliphatic rings. The molecule has 1 saturated heterocycles. The van der Waals surface area contributed by atoms with Gasteiger partial charge in [0, 0.05) is 16.3 Å². The lowest BCUT2D eigenvalue weighted by atomic mass is 10.2. The predicted octanol–water partition coefficient (Wildman–Crippen LogP) is 1.68. The number of quaternary nitrogens is 1. The molecule has 0 spiro atoms. The molecular formula is C19H24FN2OS+. The maximum absolute atomic E-state index is 13.0. The molecule has 2 N–H and O–H groups in total. The molecule has 2 aromatic carbocycles. The third kappa shape index (κ3) is 4.97. The van der Waals surface area contributed by atoms with Crippen molar-refractivity contribution in [3.63, 3.8) is 0 Å². The van der Waals surface area contributed by atoms with E-state index in [1.807, 2.05) is 30.3 Å². The number of piperazine rings is 1. The van der Waals surface area contributed by atoms with E-state index >= 15 is 0 Å². The zero-order valence-corrected chi connectivity index (χ0v) is 14.5. The lowest BCUT2D eigenvalue weighted by Crippen LogP contribution is -3.15. The van der Waals surface area contributed by atoms with Gasteiger partial charge in [-0.05, 0) is 36.4 Å². The Morgan fingerprint density at radius 3 is 2.38 bits per heavy atom. The number of hydrogen-bond donors (Lipinski definition) is 2. The average molecular weight is 347 g/mol. The quantitative estimate of drug-likeness (QED) is 0.779. The number of halogens is 1. The molecule has 0 saturated carbocycles. The van der Waals surface area contributed by atoms with Crippen molar-refractivity contribution in [2.24, 2.45) is 0 Å². The van der Waals surface area contributed by atoms with E-state index < -0.39 is 0 Å². The molecule has 1 heterocycles. The third-order valence-electron chi connectivity index (χ3n) is 4.37. The molecule has 2 aromatic rings. The van der Waals surface area contributed by atoms with E-state index in [0.717, 1.165) is 44.2 Å². The van der Waals surface area contributed by atoms with Crippen LogP contribution in [0.1, 0.15) is 0 Å². The highest BCUT2D eigenvalue weighted by Gasteiger charge is 2.22. The largest absolute Gasteiger partial charge is 0.386 e. The van der Waals surface area contributed by atoms with Gasteiger partial charge >= 0.3 is 0 Å². The maximum Gasteiger partial charge on any atom is 0.123 e. The van der Waals surface area contributed by atoms with Crippen molar-refractivity contribution in [3.05, 3.63) is 60.4 Å². The maximum atomic E-state index is 13.0. The molecule has 3 nitrogen and oxygen atoms in total. The van der Waals surface area contributed by atoms with Crippen LogP contribution in [-0.4, -0.2) is 49.7 Å². The van der Waals surface area contributed by atoms with Gasteiger partial charge in [-0.2, -0.15) is 0 Å². The molecule has 24 heavy (non-hydrogen) atoms. The third-order valence-corrected chi connectivity index (χ3v) is 5.53. The minimum absolute atomic E-state index is 0.193. The van der Waals surface area contributed by atoms with Gasteiger partial charge in [-0.3, -0.25) is 0 Å². The SMILES string of the molecule is O[C@@H](CSc1ccccc1)C[NH+]1CCN(c2ccc(F)cc2)CC1. The van der Waals surface area contributed by atoms with Gasteiger partial charge in [-0.15, -0.1) is 11.8 Å². The highest BCUT2D eigenvalue weighted by atomic mass is 32.2. The monoisotopic (exact) mass is 347 g/mol. The molecule has 0 radical (unpaired) electrons. The van der Waals surface area contributed by atoms with E-state index in [9.17, 15) is 9.50 Å². The van der Waals surface area contributed by atoms with Crippen LogP contribution < -0.4 is 9.80 Å². The summed E-state index contributed by atoms with van der Waals surface area (Å²) in [5.74, 6) is 0.539. The van der Waals surface area contributed by atoms with E-state index in [0.29, 0.717) is 0 Å². The van der Waals surface area contributed by atoms with Gasteiger partial charge in [0.25, 0.3) is 0 Å². The van der Waals surface area contributed by atoms with Crippen LogP contribution in [0.15, 0.2) is 59.5 Å². The number of aliphatic hydroxyl groups is 1. The number of anilines is 1. The summed E-state index contributed by atoms with van der Waals surface area (Å²) in [5.41, 5.74) is 1.08. The first-order valence-corrected chi connectivity index (χ1v) is 9.39. The molecule has 0 aromatic heterocycles. The van der Waals surface area contributed by atoms with Gasteiger partial charge in [0.15, 0.2) is 0 Å². The van der Waals surface area contributed by atoms with Crippen molar-refractivity contribution >= 4 is 17.4 Å². The first-order valence-electron chi connectivity index (χ1n) is 8.41. The Bertz CT molecular complexity index is 615. The van der Waals surface area contributed by atoms with E-state index in [1.54, 1.807) is 11.8 Å². The number of nitrogens with one attached hydrogen (secondary N) is 1. The molecule has 0 unspecified atom stereocenters. The van der Waals surface area contributed by atoms with Crippen LogP contribution in [0.3, 0.4) is 0 Å². The first-order chi connectivity index (χ1) is 11.7. The predicted molar refractivity (Wildman–Crippen MR) is 97.3 cm³/mol. The molecule has 0 bridgehead atoms. The summed E-state index contributed by atoms with van der Waals surface area (Å²) >= 11 is 1.71. The van der Waals surface area contributed by atoms with Gasteiger partial charge in [-0.25, -0.2) is 4.39 Å². The first kappa shape index (κ1) is 17.3. The fourth-order valence-corrected chi connectivity index (χ4v) is 3.89. The topological polar surface area (TPSA) is 27.9 Å². The highest BCUT2D eigenvalue weighted by Crippen LogP contribution is 2.17. The molecule has 5 heteroatoms. The van der Waals surface area contributed by atoms with Gasteiger partial charge in [0.2, 0.25) is 0 Å². The fraction of sp³-hybridized carbons (Fsp3) is 0.368. The Labute approximate surface area is 147 Å². The molecule has 1 aliphatic heterocycles. The summed E-state index contributed by atoms with van der Waals surface area (Å²) in [7, 11) is 0. The van der Waals surface area contributed by atoms with Crippen LogP contribution in [0, 0.1) is 5.82 Å². The number of rotatable bonds is 6. The minimum atomic E-state index is -0.289. The Balaban J connectivity index is 1.41. The van der Waals surface area contributed by atoms with Crippen molar-refractivity contribution in [2.45, 2.75) is 11.0 Å². The normalized spacial score (nSPS) is 17.0. The second kappa shape index (κ2) is 8.51. The van der Waals surface area contributed by atoms with Crippen molar-refractivity contribution in [1.29, 1.82) is 0 Å². The van der Waals surface area contributed by atoms with Crippen LogP contribution >= 0.6 is 11.8 Å². The Kier molecular flexibility index (Phi) is 6.12. The Morgan fingerprint density at radius 1 is 1.04 bits per heavy atom. The Morgan fingerprint density at radius 2 is 1.71 bits per heavy atom. The molecule has 3 rings (SSSR count). The van der Waals surface area contributed by atoms with Gasteiger partial charge < -0.3 is 14.9 Å². The summed E-state index contributed by atoms with van der Waals surface area (Å²) in [4.78, 5) is 4.93. The average Bonchev–Trinajstić information content (AvgIpc) is 2.62. The molecule has 1 fully saturated rings. The fourth-order valence-electron chi connectivity index (χ4n) is 3.04. The number of benzene rings is 2. The molecule has 1 atom stereocenters. The number of nitrogens with zero attached hydrogens (tertiary/aromatic N) is 1. The summed E-state index contributed by atoms with van der Waals surface area (Å²) in [6, 6.07) is 16.9. The summed E-state index contributed by atoms with van der Waals surface area (Å²) in [6.45, 7) is 4.69. The second-order valence-corrected chi connectivity index (χ2v) is 7.29. The van der Waals surface area contributed by atoms with E-state index in [1.165, 1.54) is 21.9 Å². The smallest absolute Gasteiger partial charge is 0.123 e. The second-order valence-electron chi connectivity index (χ2n) is 6.20. The van der Waals surface area contributed by atoms with Crippen molar-refractivity contribution < 1.29 is 14.4 Å². The summed E-state index contributed by atoms with van der Waals surface area (Å²) in [5, 5.41) is 10.3. The zero-order chi connectivity index (χ0) is 16.8. The zero-order valence-electron chi connectivity index (χ0n) is 13.7. The Hall–Kier alpha value is -1.56. The van der Waals surface area contributed by atoms with E-state index in [-0.39, 0.29) is 11.9 Å². The van der Waals surface area contributed by atoms with Crippen molar-refractivity contribution in [2.75, 3.05) is 43.4 Å². The van der Waals surface area contributed by atoms with Gasteiger partial charge in [-0.1, -0.05) is 18.2 Å². The van der Waals surface area contributed by atoms with Gasteiger partial charge in [0.05, 0.1) is 26.2 Å². The van der Waals surface area contributed by atoms with Crippen LogP contribution in [0.4, 0.5) is 10.1 Å². The van der Waals surface area contributed by atoms with Gasteiger partial charge in [0.1, 0.15) is 18.5 Å². The summed E-state index contributed by atoms with van der Waals surface area (Å²) < 4.78 is 13.0. The standard InChI is InChI=1S/C19H23FN2OS/c20-16-6-8-17(9-7-16)22-12-10-21(11-13-22)14-18(23)15-24-19-4-2-1-3-5-19/h1-9,18,23H,10-15H2/p+1/t18-/m1/s1. The number of aliphatic hydroxyl groups excluding tert-OH is 1. The number of thioether (sulfide) groups is 1. The molecule has 128 valence electrons. The van der Waals surface area contributed by atoms with Crippen LogP contribution in [-0.2, 0) is 0 Å². The molecule has 0 amide bonds. The lowest BCUT2D eigenvalue weighted by Gasteiger charge is -2.34. The van der Waals surface area contributed by atoms with Crippen molar-refractivity contribution in [3.8, 4) is 0 Å². The van der Waals surface area contributed by atoms with Crippen molar-refractivity contribution in [1.82, 2.24) is 0 Å². The molecule has 0 aliphatic carbocycles. The highest BCUT2D eigenvalue weighted by molar-refractivity contribution is 7.99. The minimum Gasteiger partial charge on any atom is -0.386 e. The van der Waals surface area contributed by atoms with Crippen LogP contribution in [0.2, 0.25) is 0 Å². The van der Waals surface area contributed by atoms with Crippen LogP contribution in [0.25, 0.3) is 0 Å².